The van der Waals surface area contributed by atoms with Gasteiger partial charge in [-0.25, -0.2) is 4.98 Å². The maximum atomic E-state index is 13.2. The lowest BCUT2D eigenvalue weighted by molar-refractivity contribution is 0.0945. The van der Waals surface area contributed by atoms with Gasteiger partial charge < -0.3 is 4.42 Å². The van der Waals surface area contributed by atoms with Crippen LogP contribution in [-0.4, -0.2) is 15.3 Å². The van der Waals surface area contributed by atoms with Crippen LogP contribution < -0.4 is 5.56 Å². The predicted molar refractivity (Wildman–Crippen MR) is 119 cm³/mol. The predicted octanol–water partition coefficient (Wildman–Crippen LogP) is 5.37. The molecule has 0 atom stereocenters. The summed E-state index contributed by atoms with van der Waals surface area (Å²) in [7, 11) is 0. The summed E-state index contributed by atoms with van der Waals surface area (Å²) in [6.45, 7) is 3.99. The van der Waals surface area contributed by atoms with Crippen LogP contribution in [0.2, 0.25) is 0 Å². The fraction of sp³-hybridized carbons (Fsp3) is 0.125. The number of Topliss-reactive ketones (excluding diaryl/α,β-unsaturated/α-hetero) is 1. The largest absolute Gasteiger partial charge is 0.453 e. The number of carbonyl (C=O) groups excluding carboxylic acids is 1. The van der Waals surface area contributed by atoms with Crippen LogP contribution in [0.25, 0.3) is 32.3 Å². The first-order chi connectivity index (χ1) is 14.5. The highest BCUT2D eigenvalue weighted by atomic mass is 32.1. The van der Waals surface area contributed by atoms with Gasteiger partial charge in [0.25, 0.3) is 5.56 Å². The molecule has 3 heterocycles. The number of thiophene rings is 1. The number of furan rings is 1. The van der Waals surface area contributed by atoms with Crippen molar-refractivity contribution in [3.8, 4) is 11.1 Å². The molecule has 2 aromatic carbocycles. The number of aryl methyl sites for hydroxylation is 2. The monoisotopic (exact) mass is 414 g/mol. The third kappa shape index (κ3) is 3.06. The average Bonchev–Trinajstić information content (AvgIpc) is 3.37. The molecule has 3 aromatic heterocycles. The van der Waals surface area contributed by atoms with Crippen molar-refractivity contribution >= 4 is 38.3 Å². The molecular formula is C24H18N2O3S. The van der Waals surface area contributed by atoms with E-state index in [0.717, 1.165) is 22.1 Å². The number of rotatable bonds is 4. The van der Waals surface area contributed by atoms with Crippen LogP contribution in [0.4, 0.5) is 0 Å². The Bertz CT molecular complexity index is 1460. The SMILES string of the molecule is Cc1ccc(-c2csc3ncn(CC(=O)c4cc5ccccc5o4)c(=O)c23)cc1C. The number of hydrogen-bond donors (Lipinski definition) is 0. The van der Waals surface area contributed by atoms with Crippen molar-refractivity contribution in [1.29, 1.82) is 0 Å². The molecule has 0 fully saturated rings. The van der Waals surface area contributed by atoms with E-state index < -0.39 is 0 Å². The van der Waals surface area contributed by atoms with Gasteiger partial charge in [-0.2, -0.15) is 0 Å². The van der Waals surface area contributed by atoms with Gasteiger partial charge in [-0.05, 0) is 42.7 Å². The van der Waals surface area contributed by atoms with Crippen LogP contribution in [0.1, 0.15) is 21.7 Å². The van der Waals surface area contributed by atoms with E-state index >= 15 is 0 Å². The molecule has 6 heteroatoms. The number of fused-ring (bicyclic) bond motifs is 2. The summed E-state index contributed by atoms with van der Waals surface area (Å²) in [5, 5.41) is 3.36. The average molecular weight is 414 g/mol. The Morgan fingerprint density at radius 1 is 1.10 bits per heavy atom. The number of nitrogens with zero attached hydrogens (tertiary/aromatic N) is 2. The molecule has 0 radical (unpaired) electrons. The van der Waals surface area contributed by atoms with Gasteiger partial charge >= 0.3 is 0 Å². The maximum Gasteiger partial charge on any atom is 0.263 e. The molecule has 0 spiro atoms. The van der Waals surface area contributed by atoms with E-state index in [1.165, 1.54) is 27.8 Å². The highest BCUT2D eigenvalue weighted by Gasteiger charge is 2.17. The summed E-state index contributed by atoms with van der Waals surface area (Å²) >= 11 is 1.43. The standard InChI is InChI=1S/C24H18N2O3S/c1-14-7-8-16(9-15(14)2)18-12-30-23-22(18)24(28)26(13-25-23)11-19(27)21-10-17-5-3-4-6-20(17)29-21/h3-10,12-13H,11H2,1-2H3. The molecule has 0 N–H and O–H groups in total. The third-order valence-electron chi connectivity index (χ3n) is 5.39. The van der Waals surface area contributed by atoms with Crippen molar-refractivity contribution in [3.63, 3.8) is 0 Å². The second-order valence-corrected chi connectivity index (χ2v) is 8.24. The first kappa shape index (κ1) is 18.5. The van der Waals surface area contributed by atoms with E-state index in [9.17, 15) is 9.59 Å². The quantitative estimate of drug-likeness (QED) is 0.371. The van der Waals surface area contributed by atoms with Gasteiger partial charge in [0.05, 0.1) is 18.3 Å². The van der Waals surface area contributed by atoms with Crippen molar-refractivity contribution in [2.45, 2.75) is 20.4 Å². The topological polar surface area (TPSA) is 65.1 Å². The molecule has 5 nitrogen and oxygen atoms in total. The number of ketones is 1. The summed E-state index contributed by atoms with van der Waals surface area (Å²) < 4.78 is 7.00. The summed E-state index contributed by atoms with van der Waals surface area (Å²) in [6, 6.07) is 15.3. The lowest BCUT2D eigenvalue weighted by Gasteiger charge is -2.06. The van der Waals surface area contributed by atoms with Crippen LogP contribution in [0.15, 0.2) is 69.5 Å². The fourth-order valence-corrected chi connectivity index (χ4v) is 4.46. The van der Waals surface area contributed by atoms with E-state index in [2.05, 4.69) is 24.9 Å². The van der Waals surface area contributed by atoms with Gasteiger partial charge in [-0.3, -0.25) is 14.2 Å². The molecule has 148 valence electrons. The van der Waals surface area contributed by atoms with E-state index in [1.807, 2.05) is 41.8 Å². The Kier molecular flexibility index (Phi) is 4.37. The van der Waals surface area contributed by atoms with Crippen molar-refractivity contribution < 1.29 is 9.21 Å². The fourth-order valence-electron chi connectivity index (χ4n) is 3.55. The van der Waals surface area contributed by atoms with Gasteiger partial charge in [-0.1, -0.05) is 36.4 Å². The van der Waals surface area contributed by atoms with Crippen LogP contribution in [0.5, 0.6) is 0 Å². The van der Waals surface area contributed by atoms with Gasteiger partial charge in [0.1, 0.15) is 10.4 Å². The Labute approximate surface area is 176 Å². The number of aromatic nitrogens is 2. The molecular weight excluding hydrogens is 396 g/mol. The first-order valence-electron chi connectivity index (χ1n) is 9.57. The number of hydrogen-bond acceptors (Lipinski definition) is 5. The summed E-state index contributed by atoms with van der Waals surface area (Å²) in [4.78, 5) is 31.1. The smallest absolute Gasteiger partial charge is 0.263 e. The van der Waals surface area contributed by atoms with Crippen molar-refractivity contribution in [2.75, 3.05) is 0 Å². The van der Waals surface area contributed by atoms with Crippen LogP contribution >= 0.6 is 11.3 Å². The molecule has 0 saturated carbocycles. The molecule has 30 heavy (non-hydrogen) atoms. The van der Waals surface area contributed by atoms with Gasteiger partial charge in [0, 0.05) is 16.3 Å². The first-order valence-corrected chi connectivity index (χ1v) is 10.5. The highest BCUT2D eigenvalue weighted by molar-refractivity contribution is 7.17. The van der Waals surface area contributed by atoms with Crippen LogP contribution in [-0.2, 0) is 6.54 Å². The molecule has 5 aromatic rings. The molecule has 0 aliphatic carbocycles. The van der Waals surface area contributed by atoms with Crippen molar-refractivity contribution in [3.05, 3.63) is 87.5 Å². The van der Waals surface area contributed by atoms with E-state index in [0.29, 0.717) is 15.8 Å². The minimum Gasteiger partial charge on any atom is -0.453 e. The zero-order valence-corrected chi connectivity index (χ0v) is 17.3. The highest BCUT2D eigenvalue weighted by Crippen LogP contribution is 2.31. The Hall–Kier alpha value is -3.51. The maximum absolute atomic E-state index is 13.2. The minimum absolute atomic E-state index is 0.121. The zero-order valence-electron chi connectivity index (χ0n) is 16.5. The molecule has 0 unspecified atom stereocenters. The minimum atomic E-state index is -0.266. The third-order valence-corrected chi connectivity index (χ3v) is 6.28. The zero-order chi connectivity index (χ0) is 20.8. The number of benzene rings is 2. The number of carbonyl (C=O) groups is 1. The molecule has 5 rings (SSSR count). The van der Waals surface area contributed by atoms with Crippen LogP contribution in [0.3, 0.4) is 0 Å². The lowest BCUT2D eigenvalue weighted by atomic mass is 10.0. The second kappa shape index (κ2) is 7.07. The van der Waals surface area contributed by atoms with Gasteiger partial charge in [0.2, 0.25) is 5.78 Å². The summed E-state index contributed by atoms with van der Waals surface area (Å²) in [5.74, 6) is -0.0275. The Morgan fingerprint density at radius 2 is 1.93 bits per heavy atom. The summed E-state index contributed by atoms with van der Waals surface area (Å²) in [5.41, 5.74) is 4.61. The molecule has 0 amide bonds. The van der Waals surface area contributed by atoms with Gasteiger partial charge in [0.15, 0.2) is 5.76 Å². The van der Waals surface area contributed by atoms with Crippen molar-refractivity contribution in [1.82, 2.24) is 9.55 Å². The molecule has 0 aliphatic rings. The normalized spacial score (nSPS) is 11.4. The Morgan fingerprint density at radius 3 is 2.73 bits per heavy atom. The summed E-state index contributed by atoms with van der Waals surface area (Å²) in [6.07, 6.45) is 1.44. The van der Waals surface area contributed by atoms with E-state index in [-0.39, 0.29) is 23.6 Å². The lowest BCUT2D eigenvalue weighted by Crippen LogP contribution is -2.24. The van der Waals surface area contributed by atoms with Gasteiger partial charge in [-0.15, -0.1) is 11.3 Å². The van der Waals surface area contributed by atoms with Crippen LogP contribution in [0, 0.1) is 13.8 Å². The van der Waals surface area contributed by atoms with Crippen molar-refractivity contribution in [2.24, 2.45) is 0 Å². The Balaban J connectivity index is 1.55. The number of para-hydroxylation sites is 1. The second-order valence-electron chi connectivity index (χ2n) is 7.38. The molecule has 0 bridgehead atoms. The molecule has 0 saturated heterocycles. The van der Waals surface area contributed by atoms with E-state index in [1.54, 1.807) is 6.07 Å². The van der Waals surface area contributed by atoms with E-state index in [4.69, 9.17) is 4.42 Å². The molecule has 0 aliphatic heterocycles.